The van der Waals surface area contributed by atoms with Gasteiger partial charge in [-0.25, -0.2) is 4.79 Å². The summed E-state index contributed by atoms with van der Waals surface area (Å²) in [5, 5.41) is 9.22. The number of carbonyl (C=O) groups excluding carboxylic acids is 1. The van der Waals surface area contributed by atoms with Crippen molar-refractivity contribution in [3.63, 3.8) is 0 Å². The van der Waals surface area contributed by atoms with E-state index < -0.39 is 11.4 Å². The van der Waals surface area contributed by atoms with E-state index in [0.29, 0.717) is 10.2 Å². The molecule has 0 fully saturated rings. The number of nitriles is 1. The van der Waals surface area contributed by atoms with Crippen molar-refractivity contribution in [2.75, 3.05) is 6.61 Å². The summed E-state index contributed by atoms with van der Waals surface area (Å²) in [6.45, 7) is 5.33. The average Bonchev–Trinajstić information content (AvgIpc) is 2.28. The third-order valence-corrected chi connectivity index (χ3v) is 2.96. The van der Waals surface area contributed by atoms with E-state index in [2.05, 4.69) is 20.9 Å². The van der Waals surface area contributed by atoms with E-state index in [1.54, 1.807) is 13.1 Å². The summed E-state index contributed by atoms with van der Waals surface area (Å²) < 4.78 is 5.55. The second-order valence-corrected chi connectivity index (χ2v) is 4.65. The minimum atomic E-state index is -1.39. The van der Waals surface area contributed by atoms with E-state index in [-0.39, 0.29) is 6.61 Å². The highest BCUT2D eigenvalue weighted by Gasteiger charge is 2.40. The van der Waals surface area contributed by atoms with Crippen LogP contribution < -0.4 is 0 Å². The highest BCUT2D eigenvalue weighted by molar-refractivity contribution is 9.10. The molecule has 0 saturated heterocycles. The first-order valence-electron chi connectivity index (χ1n) is 5.16. The molecule has 1 unspecified atom stereocenters. The average molecular weight is 297 g/mol. The molecule has 1 rings (SSSR count). The Bertz CT molecular complexity index is 482. The van der Waals surface area contributed by atoms with Gasteiger partial charge in [-0.3, -0.25) is 4.98 Å². The molecular formula is C12H13BrN2O2. The number of aromatic nitrogens is 1. The smallest absolute Gasteiger partial charge is 0.332 e. The number of aryl methyl sites for hydroxylation is 1. The Morgan fingerprint density at radius 3 is 2.82 bits per heavy atom. The molecule has 0 spiro atoms. The standard InChI is InChI=1S/C12H13BrN2O2/c1-4-17-11(16)12(3,7-14)10-9(13)5-8(2)6-15-10/h5-6H,4H2,1-3H3. The summed E-state index contributed by atoms with van der Waals surface area (Å²) in [6, 6.07) is 3.79. The Morgan fingerprint density at radius 1 is 1.71 bits per heavy atom. The van der Waals surface area contributed by atoms with Gasteiger partial charge >= 0.3 is 5.97 Å². The van der Waals surface area contributed by atoms with Crippen molar-refractivity contribution in [1.82, 2.24) is 4.98 Å². The highest BCUT2D eigenvalue weighted by atomic mass is 79.9. The number of ether oxygens (including phenoxy) is 1. The lowest BCUT2D eigenvalue weighted by Crippen LogP contribution is -2.34. The van der Waals surface area contributed by atoms with E-state index in [1.807, 2.05) is 19.1 Å². The minimum Gasteiger partial charge on any atom is -0.465 e. The first kappa shape index (κ1) is 13.7. The van der Waals surface area contributed by atoms with Gasteiger partial charge in [-0.05, 0) is 48.3 Å². The molecule has 0 aromatic carbocycles. The van der Waals surface area contributed by atoms with E-state index in [0.717, 1.165) is 5.56 Å². The Hall–Kier alpha value is -1.41. The van der Waals surface area contributed by atoms with Crippen LogP contribution in [0.5, 0.6) is 0 Å². The number of halogens is 1. The van der Waals surface area contributed by atoms with Gasteiger partial charge in [0.05, 0.1) is 18.4 Å². The highest BCUT2D eigenvalue weighted by Crippen LogP contribution is 2.29. The number of pyridine rings is 1. The molecule has 0 N–H and O–H groups in total. The van der Waals surface area contributed by atoms with Crippen molar-refractivity contribution in [3.05, 3.63) is 28.0 Å². The van der Waals surface area contributed by atoms with Crippen molar-refractivity contribution >= 4 is 21.9 Å². The first-order valence-corrected chi connectivity index (χ1v) is 5.96. The zero-order valence-corrected chi connectivity index (χ0v) is 11.5. The number of nitrogens with zero attached hydrogens (tertiary/aromatic N) is 2. The van der Waals surface area contributed by atoms with Gasteiger partial charge in [0, 0.05) is 10.7 Å². The van der Waals surface area contributed by atoms with Crippen molar-refractivity contribution in [2.45, 2.75) is 26.2 Å². The molecule has 0 radical (unpaired) electrons. The minimum absolute atomic E-state index is 0.236. The van der Waals surface area contributed by atoms with Gasteiger partial charge in [0.15, 0.2) is 5.41 Å². The summed E-state index contributed by atoms with van der Waals surface area (Å²) in [7, 11) is 0. The van der Waals surface area contributed by atoms with Gasteiger partial charge in [0.2, 0.25) is 0 Å². The summed E-state index contributed by atoms with van der Waals surface area (Å²) in [6.07, 6.45) is 1.62. The Kier molecular flexibility index (Phi) is 4.24. The van der Waals surface area contributed by atoms with Crippen LogP contribution in [0.4, 0.5) is 0 Å². The van der Waals surface area contributed by atoms with Crippen LogP contribution >= 0.6 is 15.9 Å². The number of hydrogen-bond donors (Lipinski definition) is 0. The molecule has 1 heterocycles. The molecular weight excluding hydrogens is 284 g/mol. The predicted octanol–water partition coefficient (Wildman–Crippen LogP) is 2.50. The molecule has 0 amide bonds. The Morgan fingerprint density at radius 2 is 2.35 bits per heavy atom. The number of esters is 1. The van der Waals surface area contributed by atoms with Gasteiger partial charge < -0.3 is 4.74 Å². The number of hydrogen-bond acceptors (Lipinski definition) is 4. The van der Waals surface area contributed by atoms with Gasteiger partial charge in [-0.15, -0.1) is 0 Å². The molecule has 1 aromatic rings. The predicted molar refractivity (Wildman–Crippen MR) is 66.3 cm³/mol. The monoisotopic (exact) mass is 296 g/mol. The third-order valence-electron chi connectivity index (χ3n) is 2.36. The van der Waals surface area contributed by atoms with Crippen LogP contribution in [0.3, 0.4) is 0 Å². The van der Waals surface area contributed by atoms with Crippen LogP contribution in [0, 0.1) is 18.3 Å². The number of carbonyl (C=O) groups is 1. The molecule has 0 aliphatic heterocycles. The van der Waals surface area contributed by atoms with Crippen LogP contribution in [0.25, 0.3) is 0 Å². The maximum absolute atomic E-state index is 11.8. The zero-order chi connectivity index (χ0) is 13.1. The molecule has 5 heteroatoms. The fraction of sp³-hybridized carbons (Fsp3) is 0.417. The summed E-state index contributed by atoms with van der Waals surface area (Å²) in [4.78, 5) is 16.0. The van der Waals surface area contributed by atoms with Crippen molar-refractivity contribution in [2.24, 2.45) is 0 Å². The van der Waals surface area contributed by atoms with Crippen molar-refractivity contribution in [1.29, 1.82) is 5.26 Å². The lowest BCUT2D eigenvalue weighted by atomic mass is 9.88. The molecule has 4 nitrogen and oxygen atoms in total. The van der Waals surface area contributed by atoms with Crippen LogP contribution in [-0.4, -0.2) is 17.6 Å². The second kappa shape index (κ2) is 5.28. The van der Waals surface area contributed by atoms with Crippen molar-refractivity contribution < 1.29 is 9.53 Å². The van der Waals surface area contributed by atoms with Gasteiger partial charge in [0.1, 0.15) is 0 Å². The third kappa shape index (κ3) is 2.64. The van der Waals surface area contributed by atoms with E-state index >= 15 is 0 Å². The fourth-order valence-corrected chi connectivity index (χ4v) is 2.23. The molecule has 1 aromatic heterocycles. The first-order chi connectivity index (χ1) is 7.95. The van der Waals surface area contributed by atoms with Crippen LogP contribution in [0.1, 0.15) is 25.1 Å². The van der Waals surface area contributed by atoms with Gasteiger partial charge in [-0.2, -0.15) is 5.26 Å². The molecule has 0 saturated carbocycles. The summed E-state index contributed by atoms with van der Waals surface area (Å²) in [5.74, 6) is -0.584. The van der Waals surface area contributed by atoms with Crippen molar-refractivity contribution in [3.8, 4) is 6.07 Å². The van der Waals surface area contributed by atoms with Gasteiger partial charge in [0.25, 0.3) is 0 Å². The van der Waals surface area contributed by atoms with E-state index in [9.17, 15) is 10.1 Å². The summed E-state index contributed by atoms with van der Waals surface area (Å²) in [5.41, 5.74) is -0.0588. The molecule has 0 bridgehead atoms. The second-order valence-electron chi connectivity index (χ2n) is 3.80. The fourth-order valence-electron chi connectivity index (χ4n) is 1.37. The number of rotatable bonds is 3. The van der Waals surface area contributed by atoms with E-state index in [4.69, 9.17) is 4.74 Å². The quantitative estimate of drug-likeness (QED) is 0.804. The van der Waals surface area contributed by atoms with E-state index in [1.165, 1.54) is 6.92 Å². The van der Waals surface area contributed by atoms with Crippen LogP contribution in [-0.2, 0) is 14.9 Å². The SMILES string of the molecule is CCOC(=O)C(C)(C#N)c1ncc(C)cc1Br. The lowest BCUT2D eigenvalue weighted by molar-refractivity contribution is -0.147. The topological polar surface area (TPSA) is 63.0 Å². The molecule has 17 heavy (non-hydrogen) atoms. The Labute approximate surface area is 109 Å². The van der Waals surface area contributed by atoms with Gasteiger partial charge in [-0.1, -0.05) is 0 Å². The largest absolute Gasteiger partial charge is 0.465 e. The maximum Gasteiger partial charge on any atom is 0.332 e. The van der Waals surface area contributed by atoms with Crippen LogP contribution in [0.15, 0.2) is 16.7 Å². The zero-order valence-electron chi connectivity index (χ0n) is 9.95. The lowest BCUT2D eigenvalue weighted by Gasteiger charge is -2.20. The molecule has 0 aliphatic rings. The molecule has 1 atom stereocenters. The Balaban J connectivity index is 3.26. The summed E-state index contributed by atoms with van der Waals surface area (Å²) >= 11 is 3.32. The molecule has 0 aliphatic carbocycles. The maximum atomic E-state index is 11.8. The molecule has 90 valence electrons. The normalized spacial score (nSPS) is 13.6. The van der Waals surface area contributed by atoms with Crippen LogP contribution in [0.2, 0.25) is 0 Å².